The molecule has 1 fully saturated rings. The second kappa shape index (κ2) is 6.23. The molecule has 0 heteroatoms. The monoisotopic (exact) mass is 230 g/mol. The molecule has 0 amide bonds. The van der Waals surface area contributed by atoms with Crippen LogP contribution in [0.1, 0.15) is 51.5 Å². The van der Waals surface area contributed by atoms with Crippen molar-refractivity contribution in [3.05, 3.63) is 35.9 Å². The molecule has 1 aromatic rings. The fourth-order valence-corrected chi connectivity index (χ4v) is 3.52. The van der Waals surface area contributed by atoms with E-state index in [1.54, 1.807) is 0 Å². The van der Waals surface area contributed by atoms with Crippen molar-refractivity contribution >= 4 is 0 Å². The first kappa shape index (κ1) is 12.7. The first-order valence-corrected chi connectivity index (χ1v) is 7.37. The lowest BCUT2D eigenvalue weighted by atomic mass is 9.88. The van der Waals surface area contributed by atoms with Gasteiger partial charge in [-0.3, -0.25) is 0 Å². The van der Waals surface area contributed by atoms with Crippen LogP contribution in [-0.2, 0) is 6.42 Å². The highest BCUT2D eigenvalue weighted by molar-refractivity contribution is 5.14. The number of benzene rings is 1. The van der Waals surface area contributed by atoms with E-state index in [4.69, 9.17) is 0 Å². The molecule has 0 radical (unpaired) electrons. The normalized spacial score (nSPS) is 28.5. The van der Waals surface area contributed by atoms with Crippen molar-refractivity contribution in [3.63, 3.8) is 0 Å². The van der Waals surface area contributed by atoms with Crippen LogP contribution in [0.25, 0.3) is 0 Å². The van der Waals surface area contributed by atoms with Crippen LogP contribution in [-0.4, -0.2) is 0 Å². The van der Waals surface area contributed by atoms with E-state index in [9.17, 15) is 0 Å². The molecule has 0 saturated heterocycles. The Morgan fingerprint density at radius 2 is 1.65 bits per heavy atom. The van der Waals surface area contributed by atoms with Crippen LogP contribution in [0.5, 0.6) is 0 Å². The molecule has 17 heavy (non-hydrogen) atoms. The highest BCUT2D eigenvalue weighted by atomic mass is 14.4. The summed E-state index contributed by atoms with van der Waals surface area (Å²) in [6, 6.07) is 11.0. The summed E-state index contributed by atoms with van der Waals surface area (Å²) in [5, 5.41) is 0. The van der Waals surface area contributed by atoms with Gasteiger partial charge in [0.2, 0.25) is 0 Å². The maximum Gasteiger partial charge on any atom is -0.0276 e. The van der Waals surface area contributed by atoms with E-state index in [1.165, 1.54) is 44.1 Å². The average molecular weight is 230 g/mol. The predicted octanol–water partition coefficient (Wildman–Crippen LogP) is 5.08. The van der Waals surface area contributed by atoms with Crippen LogP contribution in [0.2, 0.25) is 0 Å². The van der Waals surface area contributed by atoms with Gasteiger partial charge in [-0.1, -0.05) is 57.0 Å². The topological polar surface area (TPSA) is 0 Å². The zero-order valence-corrected chi connectivity index (χ0v) is 11.4. The third-order valence-electron chi connectivity index (χ3n) is 4.69. The zero-order valence-electron chi connectivity index (χ0n) is 11.4. The third-order valence-corrected chi connectivity index (χ3v) is 4.69. The molecule has 0 bridgehead atoms. The quantitative estimate of drug-likeness (QED) is 0.661. The zero-order chi connectivity index (χ0) is 12.1. The first-order valence-electron chi connectivity index (χ1n) is 7.37. The molecule has 2 rings (SSSR count). The van der Waals surface area contributed by atoms with Gasteiger partial charge in [-0.15, -0.1) is 0 Å². The van der Waals surface area contributed by atoms with E-state index < -0.39 is 0 Å². The lowest BCUT2D eigenvalue weighted by molar-refractivity contribution is 0.355. The first-order chi connectivity index (χ1) is 8.33. The Kier molecular flexibility index (Phi) is 4.65. The van der Waals surface area contributed by atoms with Crippen molar-refractivity contribution in [2.75, 3.05) is 0 Å². The van der Waals surface area contributed by atoms with Gasteiger partial charge in [0.25, 0.3) is 0 Å². The maximum atomic E-state index is 2.37. The summed E-state index contributed by atoms with van der Waals surface area (Å²) in [5.74, 6) is 3.01. The Hall–Kier alpha value is -0.780. The second-order valence-electron chi connectivity index (χ2n) is 5.70. The summed E-state index contributed by atoms with van der Waals surface area (Å²) in [5.41, 5.74) is 1.52. The summed E-state index contributed by atoms with van der Waals surface area (Å²) in [6.07, 6.45) is 8.43. The van der Waals surface area contributed by atoms with Crippen LogP contribution in [0, 0.1) is 17.8 Å². The van der Waals surface area contributed by atoms with Gasteiger partial charge in [0.1, 0.15) is 0 Å². The minimum absolute atomic E-state index is 0.991. The van der Waals surface area contributed by atoms with Crippen molar-refractivity contribution in [2.45, 2.75) is 52.4 Å². The van der Waals surface area contributed by atoms with Crippen LogP contribution >= 0.6 is 0 Å². The minimum atomic E-state index is 0.991. The van der Waals surface area contributed by atoms with Crippen LogP contribution in [0.4, 0.5) is 0 Å². The van der Waals surface area contributed by atoms with Gasteiger partial charge >= 0.3 is 0 Å². The Morgan fingerprint density at radius 1 is 0.941 bits per heavy atom. The predicted molar refractivity (Wildman–Crippen MR) is 75.0 cm³/mol. The maximum absolute atomic E-state index is 2.37. The Bertz CT molecular complexity index is 314. The number of hydrogen-bond donors (Lipinski definition) is 0. The van der Waals surface area contributed by atoms with Crippen molar-refractivity contribution in [1.29, 1.82) is 0 Å². The molecule has 0 nitrogen and oxygen atoms in total. The van der Waals surface area contributed by atoms with E-state index in [1.807, 2.05) is 0 Å². The van der Waals surface area contributed by atoms with Crippen LogP contribution in [0.15, 0.2) is 30.3 Å². The van der Waals surface area contributed by atoms with Crippen LogP contribution < -0.4 is 0 Å². The molecular weight excluding hydrogens is 204 g/mol. The van der Waals surface area contributed by atoms with Gasteiger partial charge in [0, 0.05) is 0 Å². The molecule has 0 spiro atoms. The number of hydrogen-bond acceptors (Lipinski definition) is 0. The third kappa shape index (κ3) is 3.34. The molecule has 1 aliphatic carbocycles. The Labute approximate surface area is 106 Å². The van der Waals surface area contributed by atoms with Crippen LogP contribution in [0.3, 0.4) is 0 Å². The van der Waals surface area contributed by atoms with Crippen molar-refractivity contribution in [3.8, 4) is 0 Å². The molecule has 94 valence electrons. The minimum Gasteiger partial charge on any atom is -0.0651 e. The smallest absolute Gasteiger partial charge is 0.0276 e. The lowest BCUT2D eigenvalue weighted by Gasteiger charge is -2.17. The SMILES string of the molecule is CCC1CC(CC)C(CCc2ccccc2)C1. The summed E-state index contributed by atoms with van der Waals surface area (Å²) in [4.78, 5) is 0. The summed E-state index contributed by atoms with van der Waals surface area (Å²) < 4.78 is 0. The van der Waals surface area contributed by atoms with Gasteiger partial charge in [-0.05, 0) is 49.0 Å². The Morgan fingerprint density at radius 3 is 2.29 bits per heavy atom. The van der Waals surface area contributed by atoms with E-state index in [0.717, 1.165) is 17.8 Å². The standard InChI is InChI=1S/C17H26/c1-3-14-12-16(4-2)17(13-14)11-10-15-8-6-5-7-9-15/h5-9,14,16-17H,3-4,10-13H2,1-2H3. The van der Waals surface area contributed by atoms with E-state index in [-0.39, 0.29) is 0 Å². The number of aryl methyl sites for hydroxylation is 1. The van der Waals surface area contributed by atoms with Gasteiger partial charge in [-0.25, -0.2) is 0 Å². The Balaban J connectivity index is 1.86. The van der Waals surface area contributed by atoms with E-state index >= 15 is 0 Å². The van der Waals surface area contributed by atoms with Gasteiger partial charge < -0.3 is 0 Å². The van der Waals surface area contributed by atoms with Crippen molar-refractivity contribution < 1.29 is 0 Å². The average Bonchev–Trinajstić information content (AvgIpc) is 2.80. The largest absolute Gasteiger partial charge is 0.0651 e. The van der Waals surface area contributed by atoms with Gasteiger partial charge in [-0.2, -0.15) is 0 Å². The lowest BCUT2D eigenvalue weighted by Crippen LogP contribution is -2.07. The molecule has 1 saturated carbocycles. The molecule has 0 heterocycles. The fraction of sp³-hybridized carbons (Fsp3) is 0.647. The molecular formula is C17H26. The highest BCUT2D eigenvalue weighted by Gasteiger charge is 2.31. The number of rotatable bonds is 5. The second-order valence-corrected chi connectivity index (χ2v) is 5.70. The van der Waals surface area contributed by atoms with Gasteiger partial charge in [0.05, 0.1) is 0 Å². The van der Waals surface area contributed by atoms with E-state index in [2.05, 4.69) is 44.2 Å². The summed E-state index contributed by atoms with van der Waals surface area (Å²) in [6.45, 7) is 4.73. The highest BCUT2D eigenvalue weighted by Crippen LogP contribution is 2.42. The van der Waals surface area contributed by atoms with Crippen molar-refractivity contribution in [1.82, 2.24) is 0 Å². The molecule has 3 atom stereocenters. The molecule has 0 aromatic heterocycles. The molecule has 1 aliphatic rings. The molecule has 0 N–H and O–H groups in total. The van der Waals surface area contributed by atoms with E-state index in [0.29, 0.717) is 0 Å². The molecule has 3 unspecified atom stereocenters. The molecule has 1 aromatic carbocycles. The van der Waals surface area contributed by atoms with Crippen molar-refractivity contribution in [2.24, 2.45) is 17.8 Å². The summed E-state index contributed by atoms with van der Waals surface area (Å²) >= 11 is 0. The summed E-state index contributed by atoms with van der Waals surface area (Å²) in [7, 11) is 0. The van der Waals surface area contributed by atoms with Gasteiger partial charge in [0.15, 0.2) is 0 Å². The molecule has 0 aliphatic heterocycles. The fourth-order valence-electron chi connectivity index (χ4n) is 3.52.